The summed E-state index contributed by atoms with van der Waals surface area (Å²) in [6, 6.07) is 3.64. The molecule has 164 valence electrons. The van der Waals surface area contributed by atoms with Crippen LogP contribution in [-0.2, 0) is 11.2 Å². The number of hydrogen-bond donors (Lipinski definition) is 2. The molecule has 7 nitrogen and oxygen atoms in total. The zero-order valence-corrected chi connectivity index (χ0v) is 17.9. The lowest BCUT2D eigenvalue weighted by Crippen LogP contribution is -2.36. The Hall–Kier alpha value is -1.83. The summed E-state index contributed by atoms with van der Waals surface area (Å²) in [6.45, 7) is 6.60. The van der Waals surface area contributed by atoms with Gasteiger partial charge in [-0.1, -0.05) is 0 Å². The molecule has 1 saturated heterocycles. The van der Waals surface area contributed by atoms with E-state index in [2.05, 4.69) is 4.90 Å². The molecule has 1 aromatic rings. The number of rotatable bonds is 12. The predicted molar refractivity (Wildman–Crippen MR) is 111 cm³/mol. The molecule has 1 atom stereocenters. The highest BCUT2D eigenvalue weighted by atomic mass is 16.5. The summed E-state index contributed by atoms with van der Waals surface area (Å²) in [6.07, 6.45) is 3.03. The van der Waals surface area contributed by atoms with Crippen LogP contribution in [0.15, 0.2) is 12.1 Å². The van der Waals surface area contributed by atoms with E-state index in [0.717, 1.165) is 44.5 Å². The third-order valence-electron chi connectivity index (χ3n) is 5.26. The Balaban J connectivity index is 2.01. The molecular formula is C22H35NO6. The number of ketones is 1. The molecule has 1 fully saturated rings. The molecule has 0 amide bonds. The number of nitrogens with zero attached hydrogens (tertiary/aromatic N) is 1. The molecular weight excluding hydrogens is 374 g/mol. The Bertz CT molecular complexity index is 642. The molecule has 0 saturated carbocycles. The van der Waals surface area contributed by atoms with E-state index < -0.39 is 6.10 Å². The number of aliphatic hydroxyl groups is 2. The van der Waals surface area contributed by atoms with Crippen LogP contribution in [0.4, 0.5) is 0 Å². The van der Waals surface area contributed by atoms with Crippen molar-refractivity contribution >= 4 is 5.78 Å². The zero-order valence-electron chi connectivity index (χ0n) is 17.9. The monoisotopic (exact) mass is 409 g/mol. The maximum absolute atomic E-state index is 11.6. The van der Waals surface area contributed by atoms with Gasteiger partial charge in [-0.2, -0.15) is 0 Å². The van der Waals surface area contributed by atoms with Gasteiger partial charge in [-0.3, -0.25) is 4.79 Å². The lowest BCUT2D eigenvalue weighted by Gasteiger charge is -2.29. The van der Waals surface area contributed by atoms with E-state index in [4.69, 9.17) is 19.3 Å². The highest BCUT2D eigenvalue weighted by Crippen LogP contribution is 2.36. The molecule has 29 heavy (non-hydrogen) atoms. The fourth-order valence-electron chi connectivity index (χ4n) is 3.32. The number of methoxy groups -OCH3 is 1. The van der Waals surface area contributed by atoms with E-state index in [1.807, 2.05) is 6.07 Å². The van der Waals surface area contributed by atoms with Crippen molar-refractivity contribution < 1.29 is 29.2 Å². The molecule has 1 aliphatic heterocycles. The SMILES string of the molecule is COc1cc(CCCO)c(OC(C)C(C)=O)cc1OCCCN1CCC(O)CC1. The lowest BCUT2D eigenvalue weighted by molar-refractivity contribution is -0.122. The van der Waals surface area contributed by atoms with Gasteiger partial charge in [0.05, 0.1) is 19.8 Å². The fraction of sp³-hybridized carbons (Fsp3) is 0.682. The average molecular weight is 410 g/mol. The highest BCUT2D eigenvalue weighted by Gasteiger charge is 2.18. The van der Waals surface area contributed by atoms with E-state index in [1.165, 1.54) is 6.92 Å². The van der Waals surface area contributed by atoms with E-state index in [0.29, 0.717) is 36.7 Å². The number of carbonyl (C=O) groups is 1. The number of aryl methyl sites for hydroxylation is 1. The second-order valence-electron chi connectivity index (χ2n) is 7.58. The summed E-state index contributed by atoms with van der Waals surface area (Å²) in [5, 5.41) is 18.8. The molecule has 0 spiro atoms. The van der Waals surface area contributed by atoms with Gasteiger partial charge >= 0.3 is 0 Å². The van der Waals surface area contributed by atoms with Gasteiger partial charge in [0, 0.05) is 32.3 Å². The van der Waals surface area contributed by atoms with Crippen molar-refractivity contribution in [2.45, 2.75) is 58.2 Å². The fourth-order valence-corrected chi connectivity index (χ4v) is 3.32. The van der Waals surface area contributed by atoms with Crippen LogP contribution < -0.4 is 14.2 Å². The number of carbonyl (C=O) groups excluding carboxylic acids is 1. The number of aliphatic hydroxyl groups excluding tert-OH is 2. The van der Waals surface area contributed by atoms with Crippen molar-refractivity contribution in [2.75, 3.05) is 40.0 Å². The average Bonchev–Trinajstić information content (AvgIpc) is 2.71. The first kappa shape index (κ1) is 23.4. The van der Waals surface area contributed by atoms with Crippen LogP contribution in [0, 0.1) is 0 Å². The largest absolute Gasteiger partial charge is 0.493 e. The van der Waals surface area contributed by atoms with Crippen molar-refractivity contribution in [2.24, 2.45) is 0 Å². The topological polar surface area (TPSA) is 88.5 Å². The third kappa shape index (κ3) is 7.49. The molecule has 1 unspecified atom stereocenters. The first-order valence-electron chi connectivity index (χ1n) is 10.5. The van der Waals surface area contributed by atoms with Crippen LogP contribution in [0.25, 0.3) is 0 Å². The van der Waals surface area contributed by atoms with Crippen molar-refractivity contribution in [3.63, 3.8) is 0 Å². The third-order valence-corrected chi connectivity index (χ3v) is 5.26. The number of ether oxygens (including phenoxy) is 3. The maximum atomic E-state index is 11.6. The molecule has 7 heteroatoms. The molecule has 2 rings (SSSR count). The van der Waals surface area contributed by atoms with Crippen molar-refractivity contribution in [3.8, 4) is 17.2 Å². The summed E-state index contributed by atoms with van der Waals surface area (Å²) >= 11 is 0. The Labute approximate surface area is 173 Å². The van der Waals surface area contributed by atoms with Gasteiger partial charge in [-0.05, 0) is 57.6 Å². The normalized spacial score (nSPS) is 16.4. The molecule has 0 aliphatic carbocycles. The summed E-state index contributed by atoms with van der Waals surface area (Å²) in [5.41, 5.74) is 0.878. The summed E-state index contributed by atoms with van der Waals surface area (Å²) in [5.74, 6) is 1.73. The Morgan fingerprint density at radius 2 is 1.93 bits per heavy atom. The number of hydrogen-bond acceptors (Lipinski definition) is 7. The first-order valence-corrected chi connectivity index (χ1v) is 10.5. The Kier molecular flexibility index (Phi) is 9.70. The van der Waals surface area contributed by atoms with Crippen LogP contribution in [0.3, 0.4) is 0 Å². The number of piperidine rings is 1. The molecule has 0 aromatic heterocycles. The van der Waals surface area contributed by atoms with Gasteiger partial charge in [-0.25, -0.2) is 0 Å². The Morgan fingerprint density at radius 1 is 1.21 bits per heavy atom. The summed E-state index contributed by atoms with van der Waals surface area (Å²) in [4.78, 5) is 14.0. The minimum Gasteiger partial charge on any atom is -0.493 e. The van der Waals surface area contributed by atoms with Gasteiger partial charge in [0.1, 0.15) is 5.75 Å². The standard InChI is InChI=1S/C22H35NO6/c1-16(25)17(2)29-20-15-22(21(27-3)14-18(20)6-4-12-24)28-13-5-9-23-10-7-19(26)8-11-23/h14-15,17,19,24,26H,4-13H2,1-3H3. The quantitative estimate of drug-likeness (QED) is 0.512. The van der Waals surface area contributed by atoms with Crippen molar-refractivity contribution in [3.05, 3.63) is 17.7 Å². The number of likely N-dealkylation sites (tertiary alicyclic amines) is 1. The van der Waals surface area contributed by atoms with E-state index in [1.54, 1.807) is 20.1 Å². The second-order valence-corrected chi connectivity index (χ2v) is 7.58. The molecule has 0 bridgehead atoms. The number of Topliss-reactive ketones (excluding diaryl/α,β-unsaturated/α-hetero) is 1. The predicted octanol–water partition coefficient (Wildman–Crippen LogP) is 2.20. The molecule has 1 heterocycles. The summed E-state index contributed by atoms with van der Waals surface area (Å²) < 4.78 is 17.3. The second kappa shape index (κ2) is 12.0. The number of benzene rings is 1. The minimum absolute atomic E-state index is 0.0527. The van der Waals surface area contributed by atoms with Crippen molar-refractivity contribution in [1.29, 1.82) is 0 Å². The van der Waals surface area contributed by atoms with E-state index >= 15 is 0 Å². The van der Waals surface area contributed by atoms with Gasteiger partial charge < -0.3 is 29.3 Å². The van der Waals surface area contributed by atoms with Gasteiger partial charge in [0.15, 0.2) is 23.4 Å². The van der Waals surface area contributed by atoms with Crippen LogP contribution in [0.1, 0.15) is 45.1 Å². The van der Waals surface area contributed by atoms with Crippen molar-refractivity contribution in [1.82, 2.24) is 4.90 Å². The van der Waals surface area contributed by atoms with Crippen LogP contribution in [-0.4, -0.2) is 73.1 Å². The highest BCUT2D eigenvalue weighted by molar-refractivity contribution is 5.80. The first-order chi connectivity index (χ1) is 13.9. The lowest BCUT2D eigenvalue weighted by atomic mass is 10.1. The van der Waals surface area contributed by atoms with E-state index in [-0.39, 0.29) is 18.5 Å². The molecule has 0 radical (unpaired) electrons. The van der Waals surface area contributed by atoms with Crippen LogP contribution in [0.2, 0.25) is 0 Å². The molecule has 1 aromatic carbocycles. The summed E-state index contributed by atoms with van der Waals surface area (Å²) in [7, 11) is 1.59. The maximum Gasteiger partial charge on any atom is 0.169 e. The minimum atomic E-state index is -0.557. The zero-order chi connectivity index (χ0) is 21.2. The van der Waals surface area contributed by atoms with Crippen LogP contribution >= 0.6 is 0 Å². The molecule has 1 aliphatic rings. The molecule has 2 N–H and O–H groups in total. The van der Waals surface area contributed by atoms with Crippen LogP contribution in [0.5, 0.6) is 17.2 Å². The van der Waals surface area contributed by atoms with Gasteiger partial charge in [0.2, 0.25) is 0 Å². The Morgan fingerprint density at radius 3 is 2.55 bits per heavy atom. The van der Waals surface area contributed by atoms with E-state index in [9.17, 15) is 9.90 Å². The van der Waals surface area contributed by atoms with Gasteiger partial charge in [0.25, 0.3) is 0 Å². The smallest absolute Gasteiger partial charge is 0.169 e. The van der Waals surface area contributed by atoms with Gasteiger partial charge in [-0.15, -0.1) is 0 Å².